The predicted octanol–water partition coefficient (Wildman–Crippen LogP) is 2.75. The molecule has 0 bridgehead atoms. The molecule has 0 amide bonds. The second-order valence-corrected chi connectivity index (χ2v) is 6.72. The molecule has 0 unspecified atom stereocenters. The van der Waals surface area contributed by atoms with Gasteiger partial charge >= 0.3 is 0 Å². The SMILES string of the molecule is Cc1ccc(-n2nc(CCCNC(N)=NCC(C)C)c(C#N)c2N)cc1.I. The van der Waals surface area contributed by atoms with Crippen molar-refractivity contribution in [1.29, 1.82) is 5.26 Å². The van der Waals surface area contributed by atoms with Gasteiger partial charge in [-0.25, -0.2) is 4.68 Å². The number of anilines is 1. The molecule has 146 valence electrons. The molecule has 1 aromatic carbocycles. The number of nitrogens with zero attached hydrogens (tertiary/aromatic N) is 4. The highest BCUT2D eigenvalue weighted by molar-refractivity contribution is 14.0. The topological polar surface area (TPSA) is 118 Å². The predicted molar refractivity (Wildman–Crippen MR) is 120 cm³/mol. The van der Waals surface area contributed by atoms with Crippen molar-refractivity contribution in [2.45, 2.75) is 33.6 Å². The molecule has 0 saturated carbocycles. The molecule has 1 heterocycles. The molecule has 8 heteroatoms. The van der Waals surface area contributed by atoms with E-state index in [1.54, 1.807) is 4.68 Å². The summed E-state index contributed by atoms with van der Waals surface area (Å²) < 4.78 is 1.62. The van der Waals surface area contributed by atoms with Crippen LogP contribution in [0.2, 0.25) is 0 Å². The van der Waals surface area contributed by atoms with Gasteiger partial charge in [-0.05, 0) is 37.8 Å². The van der Waals surface area contributed by atoms with Gasteiger partial charge in [0.2, 0.25) is 0 Å². The van der Waals surface area contributed by atoms with E-state index in [1.807, 2.05) is 31.2 Å². The van der Waals surface area contributed by atoms with Gasteiger partial charge in [-0.1, -0.05) is 31.5 Å². The standard InChI is InChI=1S/C19H27N7.HI/c1-13(2)12-24-19(22)23-10-4-5-17-16(11-20)18(21)26(25-17)15-8-6-14(3)7-9-15;/h6-9,13H,4-5,10,12,21H2,1-3H3,(H3,22,23,24);1H. The van der Waals surface area contributed by atoms with Gasteiger partial charge in [-0.15, -0.1) is 24.0 Å². The molecule has 1 aromatic heterocycles. The number of nitrogens with one attached hydrogen (secondary N) is 1. The fourth-order valence-electron chi connectivity index (χ4n) is 2.47. The summed E-state index contributed by atoms with van der Waals surface area (Å²) in [5.41, 5.74) is 15.1. The lowest BCUT2D eigenvalue weighted by Gasteiger charge is -2.06. The number of benzene rings is 1. The smallest absolute Gasteiger partial charge is 0.188 e. The van der Waals surface area contributed by atoms with Gasteiger partial charge in [0, 0.05) is 13.1 Å². The minimum absolute atomic E-state index is 0. The zero-order chi connectivity index (χ0) is 19.1. The third-order valence-electron chi connectivity index (χ3n) is 3.91. The van der Waals surface area contributed by atoms with Gasteiger partial charge in [0.05, 0.1) is 11.4 Å². The van der Waals surface area contributed by atoms with Gasteiger partial charge in [0.1, 0.15) is 17.5 Å². The van der Waals surface area contributed by atoms with Crippen molar-refractivity contribution in [1.82, 2.24) is 15.1 Å². The lowest BCUT2D eigenvalue weighted by Crippen LogP contribution is -2.33. The van der Waals surface area contributed by atoms with Crippen molar-refractivity contribution >= 4 is 35.8 Å². The molecule has 0 fully saturated rings. The van der Waals surface area contributed by atoms with Crippen molar-refractivity contribution in [3.63, 3.8) is 0 Å². The Kier molecular flexibility index (Phi) is 9.08. The largest absolute Gasteiger partial charge is 0.382 e. The van der Waals surface area contributed by atoms with E-state index in [0.29, 0.717) is 48.5 Å². The Morgan fingerprint density at radius 1 is 1.33 bits per heavy atom. The molecule has 2 aromatic rings. The minimum Gasteiger partial charge on any atom is -0.382 e. The molecule has 0 aliphatic carbocycles. The summed E-state index contributed by atoms with van der Waals surface area (Å²) in [4.78, 5) is 4.26. The third-order valence-corrected chi connectivity index (χ3v) is 3.91. The van der Waals surface area contributed by atoms with E-state index in [1.165, 1.54) is 0 Å². The molecular formula is C19H28IN7. The molecule has 0 saturated heterocycles. The molecule has 2 rings (SSSR count). The summed E-state index contributed by atoms with van der Waals surface area (Å²) >= 11 is 0. The highest BCUT2D eigenvalue weighted by Gasteiger charge is 2.16. The highest BCUT2D eigenvalue weighted by atomic mass is 127. The van der Waals surface area contributed by atoms with Crippen molar-refractivity contribution in [2.75, 3.05) is 18.8 Å². The number of aryl methyl sites for hydroxylation is 2. The maximum absolute atomic E-state index is 9.43. The van der Waals surface area contributed by atoms with E-state index in [4.69, 9.17) is 11.5 Å². The highest BCUT2D eigenvalue weighted by Crippen LogP contribution is 2.21. The number of rotatable bonds is 7. The van der Waals surface area contributed by atoms with Crippen molar-refractivity contribution in [2.24, 2.45) is 16.6 Å². The fourth-order valence-corrected chi connectivity index (χ4v) is 2.47. The molecule has 5 N–H and O–H groups in total. The Labute approximate surface area is 177 Å². The third kappa shape index (κ3) is 6.43. The second-order valence-electron chi connectivity index (χ2n) is 6.72. The molecule has 0 aliphatic rings. The molecule has 0 atom stereocenters. The van der Waals surface area contributed by atoms with Crippen LogP contribution in [0.4, 0.5) is 5.82 Å². The summed E-state index contributed by atoms with van der Waals surface area (Å²) in [5.74, 6) is 1.29. The average molecular weight is 481 g/mol. The van der Waals surface area contributed by atoms with Crippen molar-refractivity contribution in [3.05, 3.63) is 41.1 Å². The Hall–Kier alpha value is -2.28. The van der Waals surface area contributed by atoms with Gasteiger partial charge in [0.25, 0.3) is 0 Å². The Bertz CT molecular complexity index is 801. The first kappa shape index (κ1) is 22.8. The Morgan fingerprint density at radius 2 is 2.00 bits per heavy atom. The van der Waals surface area contributed by atoms with E-state index in [0.717, 1.165) is 17.7 Å². The maximum atomic E-state index is 9.43. The Morgan fingerprint density at radius 3 is 2.59 bits per heavy atom. The van der Waals surface area contributed by atoms with Crippen LogP contribution in [0.3, 0.4) is 0 Å². The van der Waals surface area contributed by atoms with Crippen LogP contribution in [0.25, 0.3) is 5.69 Å². The fraction of sp³-hybridized carbons (Fsp3) is 0.421. The van der Waals surface area contributed by atoms with Crippen LogP contribution in [-0.2, 0) is 6.42 Å². The molecule has 0 spiro atoms. The van der Waals surface area contributed by atoms with Gasteiger partial charge in [0.15, 0.2) is 5.96 Å². The quantitative estimate of drug-likeness (QED) is 0.243. The van der Waals surface area contributed by atoms with Crippen LogP contribution in [0, 0.1) is 24.2 Å². The number of hydrogen-bond donors (Lipinski definition) is 3. The van der Waals surface area contributed by atoms with Crippen LogP contribution in [0.15, 0.2) is 29.3 Å². The number of guanidine groups is 1. The van der Waals surface area contributed by atoms with Gasteiger partial charge in [-0.2, -0.15) is 10.4 Å². The Balaban J connectivity index is 0.00000364. The van der Waals surface area contributed by atoms with Crippen LogP contribution >= 0.6 is 24.0 Å². The molecule has 0 aliphatic heterocycles. The number of hydrogen-bond acceptors (Lipinski definition) is 4. The van der Waals surface area contributed by atoms with Crippen LogP contribution < -0.4 is 16.8 Å². The molecular weight excluding hydrogens is 453 g/mol. The monoisotopic (exact) mass is 481 g/mol. The van der Waals surface area contributed by atoms with E-state index in [2.05, 4.69) is 35.3 Å². The molecule has 27 heavy (non-hydrogen) atoms. The molecule has 7 nitrogen and oxygen atoms in total. The number of nitrogens with two attached hydrogens (primary N) is 2. The summed E-state index contributed by atoms with van der Waals surface area (Å²) in [6.45, 7) is 7.57. The number of nitrogen functional groups attached to an aromatic ring is 1. The first-order valence-electron chi connectivity index (χ1n) is 8.80. The number of aromatic nitrogens is 2. The summed E-state index contributed by atoms with van der Waals surface area (Å²) in [6, 6.07) is 10.0. The lowest BCUT2D eigenvalue weighted by molar-refractivity contribution is 0.659. The van der Waals surface area contributed by atoms with Crippen LogP contribution in [0.5, 0.6) is 0 Å². The van der Waals surface area contributed by atoms with E-state index >= 15 is 0 Å². The van der Waals surface area contributed by atoms with Crippen LogP contribution in [-0.4, -0.2) is 28.8 Å². The van der Waals surface area contributed by atoms with Crippen molar-refractivity contribution in [3.8, 4) is 11.8 Å². The molecule has 0 radical (unpaired) electrons. The summed E-state index contributed by atoms with van der Waals surface area (Å²) in [6.07, 6.45) is 1.41. The van der Waals surface area contributed by atoms with E-state index in [-0.39, 0.29) is 24.0 Å². The first-order chi connectivity index (χ1) is 12.4. The number of aliphatic imine (C=N–C) groups is 1. The zero-order valence-corrected chi connectivity index (χ0v) is 18.4. The average Bonchev–Trinajstić information content (AvgIpc) is 2.93. The van der Waals surface area contributed by atoms with Gasteiger partial charge in [-0.3, -0.25) is 4.99 Å². The normalized spacial score (nSPS) is 11.1. The van der Waals surface area contributed by atoms with E-state index < -0.39 is 0 Å². The minimum atomic E-state index is 0. The number of halogens is 1. The summed E-state index contributed by atoms with van der Waals surface area (Å²) in [5, 5.41) is 17.1. The second kappa shape index (κ2) is 10.8. The lowest BCUT2D eigenvalue weighted by atomic mass is 10.1. The van der Waals surface area contributed by atoms with Crippen LogP contribution in [0.1, 0.15) is 37.1 Å². The maximum Gasteiger partial charge on any atom is 0.188 e. The zero-order valence-electron chi connectivity index (χ0n) is 16.1. The van der Waals surface area contributed by atoms with E-state index in [9.17, 15) is 5.26 Å². The number of nitriles is 1. The summed E-state index contributed by atoms with van der Waals surface area (Å²) in [7, 11) is 0. The first-order valence-corrected chi connectivity index (χ1v) is 8.80. The van der Waals surface area contributed by atoms with Gasteiger partial charge < -0.3 is 16.8 Å². The van der Waals surface area contributed by atoms with Crippen molar-refractivity contribution < 1.29 is 0 Å².